The summed E-state index contributed by atoms with van der Waals surface area (Å²) in [5.74, 6) is 1.39. The summed E-state index contributed by atoms with van der Waals surface area (Å²) in [6.45, 7) is 8.62. The Morgan fingerprint density at radius 2 is 2.00 bits per heavy atom. The Hall–Kier alpha value is -1.51. The van der Waals surface area contributed by atoms with Gasteiger partial charge in [0, 0.05) is 5.56 Å². The molecule has 2 rings (SSSR count). The number of fused-ring (bicyclic) bond motifs is 1. The molecule has 0 aliphatic carbocycles. The Kier molecular flexibility index (Phi) is 2.62. The Bertz CT molecular complexity index is 526. The van der Waals surface area contributed by atoms with Gasteiger partial charge in [0.2, 0.25) is 0 Å². The molecule has 0 saturated heterocycles. The summed E-state index contributed by atoms with van der Waals surface area (Å²) >= 11 is 0. The minimum Gasteiger partial charge on any atom is -0.495 e. The third-order valence-corrected chi connectivity index (χ3v) is 3.05. The highest BCUT2D eigenvalue weighted by molar-refractivity contribution is 5.67. The molecule has 0 spiro atoms. The van der Waals surface area contributed by atoms with Crippen LogP contribution >= 0.6 is 0 Å². The van der Waals surface area contributed by atoms with Crippen molar-refractivity contribution < 1.29 is 4.74 Å². The average molecular weight is 218 g/mol. The Morgan fingerprint density at radius 3 is 2.56 bits per heavy atom. The number of aryl methyl sites for hydroxylation is 2. The van der Waals surface area contributed by atoms with Gasteiger partial charge in [-0.15, -0.1) is 0 Å². The molecule has 2 aromatic heterocycles. The van der Waals surface area contributed by atoms with Gasteiger partial charge in [0.05, 0.1) is 25.0 Å². The standard InChI is InChI=1S/C13H18N2O/c1-8(2)12-9(3)6-14-15-7-11(16-5)10(4)13(12)15/h6-8H,1-5H3. The molecule has 0 aliphatic heterocycles. The van der Waals surface area contributed by atoms with Crippen LogP contribution in [0.4, 0.5) is 0 Å². The minimum absolute atomic E-state index is 0.490. The van der Waals surface area contributed by atoms with Crippen molar-refractivity contribution in [2.75, 3.05) is 7.11 Å². The fraction of sp³-hybridized carbons (Fsp3) is 0.462. The summed E-state index contributed by atoms with van der Waals surface area (Å²) in [6.07, 6.45) is 3.86. The van der Waals surface area contributed by atoms with Crippen molar-refractivity contribution in [2.45, 2.75) is 33.6 Å². The van der Waals surface area contributed by atoms with Crippen LogP contribution in [0.3, 0.4) is 0 Å². The molecule has 2 heterocycles. The lowest BCUT2D eigenvalue weighted by Crippen LogP contribution is -2.00. The lowest BCUT2D eigenvalue weighted by Gasteiger charge is -2.12. The van der Waals surface area contributed by atoms with Crippen LogP contribution in [-0.4, -0.2) is 16.7 Å². The van der Waals surface area contributed by atoms with Gasteiger partial charge >= 0.3 is 0 Å². The first kappa shape index (κ1) is 11.0. The molecule has 0 unspecified atom stereocenters. The van der Waals surface area contributed by atoms with Crippen molar-refractivity contribution >= 4 is 5.52 Å². The molecule has 0 bridgehead atoms. The SMILES string of the molecule is COc1cn2ncc(C)c(C(C)C)c2c1C. The second kappa shape index (κ2) is 3.81. The zero-order valence-electron chi connectivity index (χ0n) is 10.5. The van der Waals surface area contributed by atoms with E-state index in [1.54, 1.807) is 7.11 Å². The van der Waals surface area contributed by atoms with Gasteiger partial charge in [0.25, 0.3) is 0 Å². The van der Waals surface area contributed by atoms with E-state index in [0.717, 1.165) is 5.75 Å². The van der Waals surface area contributed by atoms with Gasteiger partial charge in [-0.1, -0.05) is 13.8 Å². The largest absolute Gasteiger partial charge is 0.495 e. The smallest absolute Gasteiger partial charge is 0.142 e. The Morgan fingerprint density at radius 1 is 1.31 bits per heavy atom. The van der Waals surface area contributed by atoms with Crippen LogP contribution in [0.2, 0.25) is 0 Å². The van der Waals surface area contributed by atoms with E-state index >= 15 is 0 Å². The van der Waals surface area contributed by atoms with Gasteiger partial charge in [-0.05, 0) is 30.9 Å². The molecule has 0 saturated carbocycles. The number of methoxy groups -OCH3 is 1. The van der Waals surface area contributed by atoms with E-state index < -0.39 is 0 Å². The molecule has 3 nitrogen and oxygen atoms in total. The second-order valence-electron chi connectivity index (χ2n) is 4.51. The van der Waals surface area contributed by atoms with E-state index in [2.05, 4.69) is 32.8 Å². The minimum atomic E-state index is 0.490. The highest BCUT2D eigenvalue weighted by Gasteiger charge is 2.15. The molecule has 3 heteroatoms. The molecule has 0 amide bonds. The van der Waals surface area contributed by atoms with Crippen LogP contribution < -0.4 is 4.74 Å². The van der Waals surface area contributed by atoms with Gasteiger partial charge < -0.3 is 4.74 Å². The van der Waals surface area contributed by atoms with Gasteiger partial charge in [0.1, 0.15) is 5.75 Å². The lowest BCUT2D eigenvalue weighted by atomic mass is 9.98. The topological polar surface area (TPSA) is 26.5 Å². The van der Waals surface area contributed by atoms with Gasteiger partial charge in [-0.25, -0.2) is 4.52 Å². The van der Waals surface area contributed by atoms with E-state index in [9.17, 15) is 0 Å². The quantitative estimate of drug-likeness (QED) is 0.774. The van der Waals surface area contributed by atoms with E-state index in [0.29, 0.717) is 5.92 Å². The molecule has 86 valence electrons. The Labute approximate surface area is 96.0 Å². The van der Waals surface area contributed by atoms with Crippen molar-refractivity contribution in [2.24, 2.45) is 0 Å². The second-order valence-corrected chi connectivity index (χ2v) is 4.51. The fourth-order valence-corrected chi connectivity index (χ4v) is 2.32. The number of rotatable bonds is 2. The van der Waals surface area contributed by atoms with Gasteiger partial charge in [-0.2, -0.15) is 5.10 Å². The highest BCUT2D eigenvalue weighted by Crippen LogP contribution is 2.31. The molecular formula is C13H18N2O. The van der Waals surface area contributed by atoms with E-state index in [4.69, 9.17) is 4.74 Å². The van der Waals surface area contributed by atoms with Gasteiger partial charge in [-0.3, -0.25) is 0 Å². The summed E-state index contributed by atoms with van der Waals surface area (Å²) in [4.78, 5) is 0. The van der Waals surface area contributed by atoms with E-state index in [1.165, 1.54) is 22.2 Å². The monoisotopic (exact) mass is 218 g/mol. The van der Waals surface area contributed by atoms with Crippen LogP contribution in [0.1, 0.15) is 36.5 Å². The predicted molar refractivity (Wildman–Crippen MR) is 65.3 cm³/mol. The number of hydrogen-bond acceptors (Lipinski definition) is 2. The molecule has 0 aliphatic rings. The van der Waals surface area contributed by atoms with Crippen molar-refractivity contribution in [3.8, 4) is 5.75 Å². The average Bonchev–Trinajstić information content (AvgIpc) is 2.55. The summed E-state index contributed by atoms with van der Waals surface area (Å²) in [6, 6.07) is 0. The predicted octanol–water partition coefficient (Wildman–Crippen LogP) is 3.08. The number of aromatic nitrogens is 2. The first-order valence-electron chi connectivity index (χ1n) is 5.57. The van der Waals surface area contributed by atoms with Gasteiger partial charge in [0.15, 0.2) is 0 Å². The van der Waals surface area contributed by atoms with Crippen molar-refractivity contribution in [1.29, 1.82) is 0 Å². The molecular weight excluding hydrogens is 200 g/mol. The van der Waals surface area contributed by atoms with Crippen LogP contribution in [0.25, 0.3) is 5.52 Å². The third kappa shape index (κ3) is 1.47. The fourth-order valence-electron chi connectivity index (χ4n) is 2.32. The van der Waals surface area contributed by atoms with Crippen molar-refractivity contribution in [3.63, 3.8) is 0 Å². The summed E-state index contributed by atoms with van der Waals surface area (Å²) in [7, 11) is 1.70. The van der Waals surface area contributed by atoms with E-state index in [-0.39, 0.29) is 0 Å². The third-order valence-electron chi connectivity index (χ3n) is 3.05. The zero-order valence-corrected chi connectivity index (χ0v) is 10.5. The lowest BCUT2D eigenvalue weighted by molar-refractivity contribution is 0.412. The summed E-state index contributed by atoms with van der Waals surface area (Å²) < 4.78 is 7.26. The van der Waals surface area contributed by atoms with Crippen LogP contribution in [0.5, 0.6) is 5.75 Å². The van der Waals surface area contributed by atoms with Crippen LogP contribution in [0.15, 0.2) is 12.4 Å². The molecule has 0 fully saturated rings. The molecule has 0 aromatic carbocycles. The Balaban J connectivity index is 2.85. The number of ether oxygens (including phenoxy) is 1. The zero-order chi connectivity index (χ0) is 11.9. The van der Waals surface area contributed by atoms with Crippen LogP contribution in [-0.2, 0) is 0 Å². The maximum absolute atomic E-state index is 5.34. The summed E-state index contributed by atoms with van der Waals surface area (Å²) in [5.41, 5.74) is 4.96. The first-order chi connectivity index (χ1) is 7.56. The van der Waals surface area contributed by atoms with Crippen LogP contribution in [0, 0.1) is 13.8 Å². The molecule has 16 heavy (non-hydrogen) atoms. The van der Waals surface area contributed by atoms with E-state index in [1.807, 2.05) is 16.9 Å². The molecule has 0 N–H and O–H groups in total. The molecule has 0 atom stereocenters. The first-order valence-corrected chi connectivity index (χ1v) is 5.57. The normalized spacial score (nSPS) is 11.4. The maximum atomic E-state index is 5.34. The number of nitrogens with zero attached hydrogens (tertiary/aromatic N) is 2. The van der Waals surface area contributed by atoms with Crippen molar-refractivity contribution in [3.05, 3.63) is 29.1 Å². The maximum Gasteiger partial charge on any atom is 0.142 e. The molecule has 2 aromatic rings. The highest BCUT2D eigenvalue weighted by atomic mass is 16.5. The van der Waals surface area contributed by atoms with Crippen molar-refractivity contribution in [1.82, 2.24) is 9.61 Å². The number of hydrogen-bond donors (Lipinski definition) is 0. The summed E-state index contributed by atoms with van der Waals surface area (Å²) in [5, 5.41) is 4.39. The molecule has 0 radical (unpaired) electrons.